The molecule has 0 aliphatic rings. The molecule has 1 aromatic rings. The van der Waals surface area contributed by atoms with Crippen molar-refractivity contribution in [3.8, 4) is 0 Å². The molecule has 14 heavy (non-hydrogen) atoms. The van der Waals surface area contributed by atoms with Gasteiger partial charge in [0.2, 0.25) is 0 Å². The maximum atomic E-state index is 4.97. The van der Waals surface area contributed by atoms with Gasteiger partial charge in [0, 0.05) is 12.6 Å². The van der Waals surface area contributed by atoms with E-state index >= 15 is 0 Å². The van der Waals surface area contributed by atoms with E-state index in [1.807, 2.05) is 24.8 Å². The second-order valence-electron chi connectivity index (χ2n) is 3.31. The largest absolute Gasteiger partial charge is 0.361 e. The van der Waals surface area contributed by atoms with Crippen molar-refractivity contribution in [1.29, 1.82) is 0 Å². The minimum atomic E-state index is 0.816. The minimum Gasteiger partial charge on any atom is -0.361 e. The quantitative estimate of drug-likeness (QED) is 0.706. The van der Waals surface area contributed by atoms with E-state index in [1.165, 1.54) is 18.6 Å². The van der Waals surface area contributed by atoms with Crippen molar-refractivity contribution in [1.82, 2.24) is 10.5 Å². The van der Waals surface area contributed by atoms with Crippen molar-refractivity contribution < 1.29 is 4.52 Å². The molecule has 1 rings (SSSR count). The number of aryl methyl sites for hydroxylation is 1. The molecule has 0 aliphatic carbocycles. The summed E-state index contributed by atoms with van der Waals surface area (Å²) in [5, 5.41) is 7.25. The topological polar surface area (TPSA) is 38.1 Å². The van der Waals surface area contributed by atoms with Gasteiger partial charge in [-0.2, -0.15) is 11.8 Å². The fourth-order valence-electron chi connectivity index (χ4n) is 1.21. The molecule has 0 atom stereocenters. The van der Waals surface area contributed by atoms with E-state index in [4.69, 9.17) is 4.52 Å². The van der Waals surface area contributed by atoms with Crippen LogP contribution in [-0.4, -0.2) is 23.7 Å². The zero-order valence-electron chi connectivity index (χ0n) is 8.88. The Balaban J connectivity index is 1.99. The maximum Gasteiger partial charge on any atom is 0.133 e. The second-order valence-corrected chi connectivity index (χ2v) is 4.29. The average Bonchev–Trinajstić information content (AvgIpc) is 2.58. The van der Waals surface area contributed by atoms with Crippen LogP contribution < -0.4 is 5.32 Å². The van der Waals surface area contributed by atoms with Crippen LogP contribution in [0.4, 0.5) is 0 Å². The van der Waals surface area contributed by atoms with Crippen LogP contribution in [0.5, 0.6) is 0 Å². The lowest BCUT2D eigenvalue weighted by Gasteiger charge is -2.00. The predicted molar refractivity (Wildman–Crippen MR) is 60.6 cm³/mol. The van der Waals surface area contributed by atoms with Crippen molar-refractivity contribution in [2.24, 2.45) is 0 Å². The van der Waals surface area contributed by atoms with Crippen molar-refractivity contribution in [3.05, 3.63) is 17.5 Å². The van der Waals surface area contributed by atoms with Gasteiger partial charge in [0.25, 0.3) is 0 Å². The summed E-state index contributed by atoms with van der Waals surface area (Å²) in [5.74, 6) is 2.13. The normalized spacial score (nSPS) is 10.7. The van der Waals surface area contributed by atoms with Crippen LogP contribution in [0, 0.1) is 6.92 Å². The van der Waals surface area contributed by atoms with Crippen molar-refractivity contribution in [2.45, 2.75) is 26.3 Å². The van der Waals surface area contributed by atoms with E-state index in [0.29, 0.717) is 0 Å². The van der Waals surface area contributed by atoms with E-state index in [9.17, 15) is 0 Å². The molecule has 80 valence electrons. The van der Waals surface area contributed by atoms with Gasteiger partial charge in [0.1, 0.15) is 5.76 Å². The summed E-state index contributed by atoms with van der Waals surface area (Å²) >= 11 is 1.90. The number of aromatic nitrogens is 1. The van der Waals surface area contributed by atoms with E-state index in [0.717, 1.165) is 24.5 Å². The lowest BCUT2D eigenvalue weighted by atomic mass is 10.3. The SMILES string of the molecule is CSCCCCNCc1cc(C)on1. The number of rotatable bonds is 7. The molecule has 1 heterocycles. The number of unbranched alkanes of at least 4 members (excludes halogenated alkanes) is 1. The highest BCUT2D eigenvalue weighted by Gasteiger charge is 1.98. The lowest BCUT2D eigenvalue weighted by Crippen LogP contribution is -2.14. The van der Waals surface area contributed by atoms with Gasteiger partial charge in [-0.05, 0) is 38.3 Å². The van der Waals surface area contributed by atoms with Gasteiger partial charge in [0.05, 0.1) is 5.69 Å². The number of hydrogen-bond donors (Lipinski definition) is 1. The molecule has 0 unspecified atom stereocenters. The third-order valence-corrected chi connectivity index (χ3v) is 2.63. The van der Waals surface area contributed by atoms with E-state index in [-0.39, 0.29) is 0 Å². The molecule has 0 aliphatic heterocycles. The standard InChI is InChI=1S/C10H18N2OS/c1-9-7-10(12-13-9)8-11-5-3-4-6-14-2/h7,11H,3-6,8H2,1-2H3. The Kier molecular flexibility index (Phi) is 5.71. The minimum absolute atomic E-state index is 0.816. The summed E-state index contributed by atoms with van der Waals surface area (Å²) in [6.45, 7) is 3.79. The number of nitrogens with one attached hydrogen (secondary N) is 1. The molecule has 0 radical (unpaired) electrons. The van der Waals surface area contributed by atoms with Crippen LogP contribution in [0.3, 0.4) is 0 Å². The summed E-state index contributed by atoms with van der Waals surface area (Å²) < 4.78 is 4.97. The molecule has 0 spiro atoms. The molecule has 0 aromatic carbocycles. The fraction of sp³-hybridized carbons (Fsp3) is 0.700. The van der Waals surface area contributed by atoms with Gasteiger partial charge >= 0.3 is 0 Å². The second kappa shape index (κ2) is 6.90. The zero-order valence-corrected chi connectivity index (χ0v) is 9.69. The molecule has 0 saturated heterocycles. The molecule has 0 fully saturated rings. The Morgan fingerprint density at radius 1 is 1.50 bits per heavy atom. The number of hydrogen-bond acceptors (Lipinski definition) is 4. The van der Waals surface area contributed by atoms with Gasteiger partial charge in [-0.3, -0.25) is 0 Å². The van der Waals surface area contributed by atoms with E-state index in [2.05, 4.69) is 16.7 Å². The highest BCUT2D eigenvalue weighted by molar-refractivity contribution is 7.98. The summed E-state index contributed by atoms with van der Waals surface area (Å²) in [6.07, 6.45) is 4.66. The van der Waals surface area contributed by atoms with Crippen LogP contribution in [0.1, 0.15) is 24.3 Å². The van der Waals surface area contributed by atoms with Crippen LogP contribution >= 0.6 is 11.8 Å². The zero-order chi connectivity index (χ0) is 10.2. The molecule has 0 saturated carbocycles. The third-order valence-electron chi connectivity index (χ3n) is 1.93. The Hall–Kier alpha value is -0.480. The van der Waals surface area contributed by atoms with Crippen molar-refractivity contribution >= 4 is 11.8 Å². The molecular weight excluding hydrogens is 196 g/mol. The van der Waals surface area contributed by atoms with Gasteiger partial charge in [-0.1, -0.05) is 5.16 Å². The first-order valence-electron chi connectivity index (χ1n) is 4.95. The van der Waals surface area contributed by atoms with Crippen LogP contribution in [0.15, 0.2) is 10.6 Å². The highest BCUT2D eigenvalue weighted by atomic mass is 32.2. The third kappa shape index (κ3) is 4.67. The molecule has 4 heteroatoms. The summed E-state index contributed by atoms with van der Waals surface area (Å²) in [4.78, 5) is 0. The summed E-state index contributed by atoms with van der Waals surface area (Å²) in [7, 11) is 0. The van der Waals surface area contributed by atoms with Crippen molar-refractivity contribution in [3.63, 3.8) is 0 Å². The first-order chi connectivity index (χ1) is 6.83. The van der Waals surface area contributed by atoms with Crippen LogP contribution in [0.2, 0.25) is 0 Å². The van der Waals surface area contributed by atoms with Gasteiger partial charge in [0.15, 0.2) is 0 Å². The summed E-state index contributed by atoms with van der Waals surface area (Å²) in [6, 6.07) is 1.97. The van der Waals surface area contributed by atoms with Crippen LogP contribution in [0.25, 0.3) is 0 Å². The molecule has 0 bridgehead atoms. The van der Waals surface area contributed by atoms with Gasteiger partial charge in [-0.15, -0.1) is 0 Å². The molecular formula is C10H18N2OS. The Morgan fingerprint density at radius 3 is 3.00 bits per heavy atom. The predicted octanol–water partition coefficient (Wildman–Crippen LogP) is 2.22. The first-order valence-corrected chi connectivity index (χ1v) is 6.34. The van der Waals surface area contributed by atoms with Gasteiger partial charge < -0.3 is 9.84 Å². The first kappa shape index (κ1) is 11.6. The molecule has 1 aromatic heterocycles. The highest BCUT2D eigenvalue weighted by Crippen LogP contribution is 2.01. The Labute approximate surface area is 89.6 Å². The maximum absolute atomic E-state index is 4.97. The lowest BCUT2D eigenvalue weighted by molar-refractivity contribution is 0.388. The van der Waals surface area contributed by atoms with Gasteiger partial charge in [-0.25, -0.2) is 0 Å². The monoisotopic (exact) mass is 214 g/mol. The average molecular weight is 214 g/mol. The van der Waals surface area contributed by atoms with E-state index < -0.39 is 0 Å². The van der Waals surface area contributed by atoms with Crippen molar-refractivity contribution in [2.75, 3.05) is 18.6 Å². The smallest absolute Gasteiger partial charge is 0.133 e. The molecule has 0 amide bonds. The molecule has 1 N–H and O–H groups in total. The number of thioether (sulfide) groups is 1. The number of nitrogens with zero attached hydrogens (tertiary/aromatic N) is 1. The summed E-state index contributed by atoms with van der Waals surface area (Å²) in [5.41, 5.74) is 0.993. The Morgan fingerprint density at radius 2 is 2.36 bits per heavy atom. The van der Waals surface area contributed by atoms with Crippen LogP contribution in [-0.2, 0) is 6.54 Å². The fourth-order valence-corrected chi connectivity index (χ4v) is 1.71. The Bertz CT molecular complexity index is 250. The van der Waals surface area contributed by atoms with E-state index in [1.54, 1.807) is 0 Å². The molecule has 3 nitrogen and oxygen atoms in total.